The highest BCUT2D eigenvalue weighted by Crippen LogP contribution is 2.45. The van der Waals surface area contributed by atoms with Crippen molar-refractivity contribution < 1.29 is 22.7 Å². The van der Waals surface area contributed by atoms with Crippen molar-refractivity contribution in [1.29, 1.82) is 0 Å². The molecule has 50 heavy (non-hydrogen) atoms. The van der Waals surface area contributed by atoms with Crippen LogP contribution in [0.2, 0.25) is 0 Å². The normalized spacial score (nSPS) is 13.3. The number of carbonyl (C=O) groups is 1. The van der Waals surface area contributed by atoms with E-state index in [2.05, 4.69) is 29.9 Å². The van der Waals surface area contributed by atoms with Crippen molar-refractivity contribution in [2.24, 2.45) is 10.7 Å². The molecule has 0 spiro atoms. The Morgan fingerprint density at radius 2 is 1.82 bits per heavy atom. The molecular weight excluding hydrogens is 651 g/mol. The van der Waals surface area contributed by atoms with Crippen LogP contribution in [0.3, 0.4) is 0 Å². The molecule has 16 heteroatoms. The Morgan fingerprint density at radius 3 is 2.48 bits per heavy atom. The number of aliphatic imine (C=N–C) groups is 1. The zero-order chi connectivity index (χ0) is 35.6. The number of primary amides is 1. The number of carbonyl (C=O) groups excluding carboxylic acids is 1. The van der Waals surface area contributed by atoms with E-state index in [1.807, 2.05) is 0 Å². The summed E-state index contributed by atoms with van der Waals surface area (Å²) in [5.74, 6) is 0.769. The van der Waals surface area contributed by atoms with Crippen LogP contribution in [0.4, 0.5) is 24.8 Å². The Balaban J connectivity index is 1.34. The van der Waals surface area contributed by atoms with Gasteiger partial charge in [0.15, 0.2) is 11.5 Å². The van der Waals surface area contributed by atoms with Gasteiger partial charge in [0, 0.05) is 42.0 Å². The van der Waals surface area contributed by atoms with Crippen molar-refractivity contribution in [3.63, 3.8) is 0 Å². The number of halogens is 3. The molecule has 13 nitrogen and oxygen atoms in total. The van der Waals surface area contributed by atoms with Gasteiger partial charge in [-0.2, -0.15) is 18.2 Å². The third kappa shape index (κ3) is 7.23. The van der Waals surface area contributed by atoms with E-state index in [4.69, 9.17) is 21.2 Å². The second kappa shape index (κ2) is 13.9. The molecule has 1 aliphatic rings. The minimum Gasteiger partial charge on any atom is -0.480 e. The number of aromatic nitrogens is 7. The van der Waals surface area contributed by atoms with Gasteiger partial charge in [-0.3, -0.25) is 9.79 Å². The van der Waals surface area contributed by atoms with Gasteiger partial charge >= 0.3 is 6.18 Å². The molecule has 1 amide bonds. The summed E-state index contributed by atoms with van der Waals surface area (Å²) in [6, 6.07) is 11.7. The van der Waals surface area contributed by atoms with Crippen LogP contribution in [-0.4, -0.2) is 60.4 Å². The number of hydrogen-bond donors (Lipinski definition) is 2. The smallest absolute Gasteiger partial charge is 0.434 e. The summed E-state index contributed by atoms with van der Waals surface area (Å²) >= 11 is 0. The monoisotopic (exact) mass is 685 g/mol. The summed E-state index contributed by atoms with van der Waals surface area (Å²) in [5.41, 5.74) is 14.3. The number of nitrogens with zero attached hydrogens (tertiary/aromatic N) is 9. The second-order valence-electron chi connectivity index (χ2n) is 12.0. The number of imidazole rings is 1. The third-order valence-corrected chi connectivity index (χ3v) is 8.12. The average Bonchev–Trinajstić information content (AvgIpc) is 3.84. The highest BCUT2D eigenvalue weighted by atomic mass is 19.4. The first-order chi connectivity index (χ1) is 23.9. The molecular formula is C34H34F3N11O2. The fourth-order valence-electron chi connectivity index (χ4n) is 5.42. The number of alkyl halides is 3. The van der Waals surface area contributed by atoms with Gasteiger partial charge < -0.3 is 25.7 Å². The predicted octanol–water partition coefficient (Wildman–Crippen LogP) is 5.44. The molecule has 0 saturated heterocycles. The van der Waals surface area contributed by atoms with Gasteiger partial charge in [-0.25, -0.2) is 24.9 Å². The van der Waals surface area contributed by atoms with E-state index in [1.54, 1.807) is 55.1 Å². The summed E-state index contributed by atoms with van der Waals surface area (Å²) in [6.45, 7) is 3.89. The lowest BCUT2D eigenvalue weighted by Gasteiger charge is -2.21. The lowest BCUT2D eigenvalue weighted by Crippen LogP contribution is -2.25. The molecule has 4 N–H and O–H groups in total. The van der Waals surface area contributed by atoms with Crippen molar-refractivity contribution in [3.8, 4) is 28.7 Å². The summed E-state index contributed by atoms with van der Waals surface area (Å²) < 4.78 is 47.6. The van der Waals surface area contributed by atoms with Crippen molar-refractivity contribution in [1.82, 2.24) is 34.5 Å². The first kappa shape index (κ1) is 34.0. The summed E-state index contributed by atoms with van der Waals surface area (Å²) in [7, 11) is 1.52. The number of anilines is 2. The van der Waals surface area contributed by atoms with E-state index < -0.39 is 17.8 Å². The number of methoxy groups -OCH3 is 1. The molecule has 0 unspecified atom stereocenters. The highest BCUT2D eigenvalue weighted by Gasteiger charge is 2.35. The Hall–Kier alpha value is -5.93. The maximum Gasteiger partial charge on any atom is 0.434 e. The molecule has 1 fully saturated rings. The van der Waals surface area contributed by atoms with E-state index in [-0.39, 0.29) is 48.2 Å². The van der Waals surface area contributed by atoms with Crippen LogP contribution in [0.1, 0.15) is 71.5 Å². The number of hydrogen-bond acceptors (Lipinski definition) is 11. The summed E-state index contributed by atoms with van der Waals surface area (Å²) in [4.78, 5) is 44.5. The number of benzene rings is 2. The number of para-hydroxylation sites is 1. The zero-order valence-corrected chi connectivity index (χ0v) is 27.5. The molecule has 1 aliphatic carbocycles. The molecule has 0 aliphatic heterocycles. The third-order valence-electron chi connectivity index (χ3n) is 8.12. The standard InChI is InChI=1S/C34H34F3N11O2/c1-19(2)48-15-25(34(35,36)37)45-31(48)22-9-7-20(8-10-22)14-47(18-40-13-23-5-4-6-24(27(23)38)29(39)49)33-44-17-42-30(46-33)26-28(21-11-12-21)41-16-43-32(26)50-3/h4-10,13,15-17,19,21H,11-12,14,18,38H2,1-3H3,(H2,39,49)/b40-13+. The molecule has 0 bridgehead atoms. The van der Waals surface area contributed by atoms with Gasteiger partial charge in [0.05, 0.1) is 24.1 Å². The molecule has 1 saturated carbocycles. The van der Waals surface area contributed by atoms with Crippen molar-refractivity contribution in [3.05, 3.63) is 89.4 Å². The molecule has 3 heterocycles. The van der Waals surface area contributed by atoms with Gasteiger partial charge in [0.25, 0.3) is 5.91 Å². The van der Waals surface area contributed by atoms with Gasteiger partial charge in [-0.05, 0) is 38.3 Å². The van der Waals surface area contributed by atoms with E-state index in [9.17, 15) is 18.0 Å². The van der Waals surface area contributed by atoms with E-state index in [1.165, 1.54) is 36.6 Å². The molecule has 0 atom stereocenters. The summed E-state index contributed by atoms with van der Waals surface area (Å²) in [5, 5.41) is 0. The van der Waals surface area contributed by atoms with Crippen LogP contribution < -0.4 is 21.1 Å². The number of nitrogens with two attached hydrogens (primary N) is 2. The average molecular weight is 686 g/mol. The molecule has 6 rings (SSSR count). The second-order valence-corrected chi connectivity index (χ2v) is 12.0. The van der Waals surface area contributed by atoms with E-state index in [0.29, 0.717) is 28.4 Å². The molecule has 5 aromatic rings. The maximum atomic E-state index is 13.5. The SMILES string of the molecule is COc1ncnc(C2CC2)c1-c1ncnc(N(C/N=C/c2cccc(C(N)=O)c2N)Cc2ccc(-c3nc(C(F)(F)F)cn3C(C)C)cc2)n1. The number of nitrogen functional groups attached to an aromatic ring is 1. The van der Waals surface area contributed by atoms with Gasteiger partial charge in [0.2, 0.25) is 11.8 Å². The minimum atomic E-state index is -4.57. The van der Waals surface area contributed by atoms with Crippen LogP contribution in [0, 0.1) is 0 Å². The highest BCUT2D eigenvalue weighted by molar-refractivity contribution is 6.02. The van der Waals surface area contributed by atoms with Gasteiger partial charge in [-0.15, -0.1) is 0 Å². The molecule has 3 aromatic heterocycles. The molecule has 2 aromatic carbocycles. The van der Waals surface area contributed by atoms with Crippen LogP contribution in [0.5, 0.6) is 5.88 Å². The lowest BCUT2D eigenvalue weighted by atomic mass is 10.1. The first-order valence-corrected chi connectivity index (χ1v) is 15.7. The fourth-order valence-corrected chi connectivity index (χ4v) is 5.42. The number of ether oxygens (including phenoxy) is 1. The van der Waals surface area contributed by atoms with Crippen LogP contribution >= 0.6 is 0 Å². The largest absolute Gasteiger partial charge is 0.480 e. The van der Waals surface area contributed by atoms with Crippen LogP contribution in [-0.2, 0) is 12.7 Å². The Kier molecular flexibility index (Phi) is 9.43. The van der Waals surface area contributed by atoms with Crippen molar-refractivity contribution >= 4 is 23.8 Å². The summed E-state index contributed by atoms with van der Waals surface area (Å²) in [6.07, 6.45) is 2.80. The maximum absolute atomic E-state index is 13.5. The van der Waals surface area contributed by atoms with Crippen molar-refractivity contribution in [2.75, 3.05) is 24.4 Å². The van der Waals surface area contributed by atoms with E-state index >= 15 is 0 Å². The topological polar surface area (TPSA) is 176 Å². The Bertz CT molecular complexity index is 2040. The fraction of sp³-hybridized carbons (Fsp3) is 0.294. The van der Waals surface area contributed by atoms with Crippen LogP contribution in [0.25, 0.3) is 22.8 Å². The van der Waals surface area contributed by atoms with E-state index in [0.717, 1.165) is 30.3 Å². The first-order valence-electron chi connectivity index (χ1n) is 15.7. The zero-order valence-electron chi connectivity index (χ0n) is 27.5. The lowest BCUT2D eigenvalue weighted by molar-refractivity contribution is -0.140. The van der Waals surface area contributed by atoms with Crippen molar-refractivity contribution in [2.45, 2.75) is 51.4 Å². The number of rotatable bonds is 12. The van der Waals surface area contributed by atoms with Gasteiger partial charge in [-0.1, -0.05) is 36.4 Å². The quantitative estimate of drug-likeness (QED) is 0.127. The Morgan fingerprint density at radius 1 is 1.08 bits per heavy atom. The number of amides is 1. The Labute approximate surface area is 285 Å². The molecule has 0 radical (unpaired) electrons. The minimum absolute atomic E-state index is 0.0516. The molecule has 258 valence electrons. The van der Waals surface area contributed by atoms with Gasteiger partial charge in [0.1, 0.15) is 30.7 Å². The van der Waals surface area contributed by atoms with Crippen LogP contribution in [0.15, 0.2) is 66.3 Å². The predicted molar refractivity (Wildman–Crippen MR) is 180 cm³/mol.